The number of benzene rings is 1. The van der Waals surface area contributed by atoms with E-state index in [0.717, 1.165) is 44.5 Å². The molecule has 2 N–H and O–H groups in total. The summed E-state index contributed by atoms with van der Waals surface area (Å²) in [6.45, 7) is 1.57. The number of hydrogen-bond donors (Lipinski definition) is 2. The number of carboxylic acid groups (broad SMARTS) is 1. The molecule has 4 nitrogen and oxygen atoms in total. The number of carbonyl (C=O) groups is 1. The second-order valence-electron chi connectivity index (χ2n) is 5.85. The molecule has 0 aromatic heterocycles. The first kappa shape index (κ1) is 13.4. The number of ether oxygens (including phenoxy) is 1. The first-order valence-corrected chi connectivity index (χ1v) is 7.42. The van der Waals surface area contributed by atoms with Crippen molar-refractivity contribution in [2.24, 2.45) is 11.8 Å². The van der Waals surface area contributed by atoms with E-state index in [1.54, 1.807) is 0 Å². The number of rotatable bonds is 5. The van der Waals surface area contributed by atoms with Crippen LogP contribution in [-0.2, 0) is 11.2 Å². The summed E-state index contributed by atoms with van der Waals surface area (Å²) in [7, 11) is 0. The predicted molar refractivity (Wildman–Crippen MR) is 75.9 cm³/mol. The molecular weight excluding hydrogens is 254 g/mol. The summed E-state index contributed by atoms with van der Waals surface area (Å²) in [5.74, 6) is 0.461. The molecule has 1 saturated carbocycles. The molecule has 1 aromatic carbocycles. The second kappa shape index (κ2) is 5.83. The second-order valence-corrected chi connectivity index (χ2v) is 5.85. The van der Waals surface area contributed by atoms with Crippen molar-refractivity contribution in [3.05, 3.63) is 29.8 Å². The molecule has 4 heteroatoms. The van der Waals surface area contributed by atoms with Crippen LogP contribution in [0, 0.1) is 11.8 Å². The van der Waals surface area contributed by atoms with Gasteiger partial charge in [0.1, 0.15) is 11.9 Å². The molecule has 1 heterocycles. The molecule has 0 spiro atoms. The van der Waals surface area contributed by atoms with E-state index in [9.17, 15) is 4.79 Å². The minimum Gasteiger partial charge on any atom is -0.488 e. The fraction of sp³-hybridized carbons (Fsp3) is 0.562. The molecule has 0 saturated heterocycles. The van der Waals surface area contributed by atoms with Crippen molar-refractivity contribution in [1.29, 1.82) is 0 Å². The van der Waals surface area contributed by atoms with Crippen LogP contribution in [0.3, 0.4) is 0 Å². The summed E-state index contributed by atoms with van der Waals surface area (Å²) < 4.78 is 5.87. The van der Waals surface area contributed by atoms with Gasteiger partial charge < -0.3 is 15.2 Å². The molecule has 20 heavy (non-hydrogen) atoms. The third-order valence-corrected chi connectivity index (χ3v) is 4.47. The maximum atomic E-state index is 11.1. The van der Waals surface area contributed by atoms with Gasteiger partial charge in [0, 0.05) is 13.0 Å². The van der Waals surface area contributed by atoms with E-state index >= 15 is 0 Å². The third-order valence-electron chi connectivity index (χ3n) is 4.47. The first-order valence-electron chi connectivity index (χ1n) is 7.42. The Balaban J connectivity index is 1.44. The minimum atomic E-state index is -0.640. The van der Waals surface area contributed by atoms with E-state index in [1.807, 2.05) is 18.2 Å². The lowest BCUT2D eigenvalue weighted by Gasteiger charge is -2.18. The fourth-order valence-corrected chi connectivity index (χ4v) is 3.40. The van der Waals surface area contributed by atoms with Crippen molar-refractivity contribution in [1.82, 2.24) is 5.32 Å². The van der Waals surface area contributed by atoms with Crippen LogP contribution in [0.4, 0.5) is 0 Å². The molecule has 1 fully saturated rings. The largest absolute Gasteiger partial charge is 0.488 e. The molecule has 0 bridgehead atoms. The number of nitrogens with one attached hydrogen (secondary N) is 1. The van der Waals surface area contributed by atoms with E-state index in [1.165, 1.54) is 5.56 Å². The Morgan fingerprint density at radius 3 is 2.95 bits per heavy atom. The van der Waals surface area contributed by atoms with Gasteiger partial charge in [-0.2, -0.15) is 0 Å². The Morgan fingerprint density at radius 1 is 1.30 bits per heavy atom. The lowest BCUT2D eigenvalue weighted by molar-refractivity contribution is -0.142. The van der Waals surface area contributed by atoms with E-state index < -0.39 is 5.97 Å². The number of carboxylic acids is 1. The molecule has 2 aliphatic rings. The zero-order valence-corrected chi connectivity index (χ0v) is 11.5. The van der Waals surface area contributed by atoms with Gasteiger partial charge in [-0.3, -0.25) is 4.79 Å². The highest BCUT2D eigenvalue weighted by Crippen LogP contribution is 2.31. The van der Waals surface area contributed by atoms with Crippen LogP contribution in [-0.4, -0.2) is 30.3 Å². The maximum absolute atomic E-state index is 11.1. The Labute approximate surface area is 119 Å². The van der Waals surface area contributed by atoms with Crippen LogP contribution in [0.1, 0.15) is 24.8 Å². The SMILES string of the molecule is O=C(O)C1CCCC1CNCC1Cc2ccccc2O1. The summed E-state index contributed by atoms with van der Waals surface area (Å²) in [5.41, 5.74) is 1.27. The van der Waals surface area contributed by atoms with E-state index in [0.29, 0.717) is 0 Å². The number of aliphatic carboxylic acids is 1. The summed E-state index contributed by atoms with van der Waals surface area (Å²) in [6.07, 6.45) is 4.00. The van der Waals surface area contributed by atoms with E-state index in [2.05, 4.69) is 11.4 Å². The van der Waals surface area contributed by atoms with Gasteiger partial charge in [0.25, 0.3) is 0 Å². The zero-order valence-electron chi connectivity index (χ0n) is 11.5. The molecule has 3 atom stereocenters. The molecule has 0 radical (unpaired) electrons. The fourth-order valence-electron chi connectivity index (χ4n) is 3.40. The predicted octanol–water partition coefficient (Wildman–Crippen LogP) is 2.08. The summed E-state index contributed by atoms with van der Waals surface area (Å²) in [4.78, 5) is 11.1. The smallest absolute Gasteiger partial charge is 0.306 e. The van der Waals surface area contributed by atoms with Crippen LogP contribution in [0.5, 0.6) is 5.75 Å². The average molecular weight is 275 g/mol. The maximum Gasteiger partial charge on any atom is 0.306 e. The van der Waals surface area contributed by atoms with Gasteiger partial charge in [0.15, 0.2) is 0 Å². The first-order chi connectivity index (χ1) is 9.74. The van der Waals surface area contributed by atoms with Crippen molar-refractivity contribution < 1.29 is 14.6 Å². The van der Waals surface area contributed by atoms with Crippen molar-refractivity contribution in [2.75, 3.05) is 13.1 Å². The van der Waals surface area contributed by atoms with Crippen LogP contribution < -0.4 is 10.1 Å². The van der Waals surface area contributed by atoms with Gasteiger partial charge >= 0.3 is 5.97 Å². The van der Waals surface area contributed by atoms with Gasteiger partial charge in [-0.1, -0.05) is 24.6 Å². The monoisotopic (exact) mass is 275 g/mol. The minimum absolute atomic E-state index is 0.163. The Bertz CT molecular complexity index is 463. The molecule has 1 aliphatic carbocycles. The molecule has 3 rings (SSSR count). The van der Waals surface area contributed by atoms with Crippen molar-refractivity contribution >= 4 is 5.97 Å². The van der Waals surface area contributed by atoms with Gasteiger partial charge in [-0.25, -0.2) is 0 Å². The highest BCUT2D eigenvalue weighted by molar-refractivity contribution is 5.70. The highest BCUT2D eigenvalue weighted by atomic mass is 16.5. The molecule has 0 amide bonds. The van der Waals surface area contributed by atoms with Crippen molar-refractivity contribution in [3.8, 4) is 5.75 Å². The lowest BCUT2D eigenvalue weighted by atomic mass is 9.96. The molecule has 3 unspecified atom stereocenters. The summed E-state index contributed by atoms with van der Waals surface area (Å²) in [5, 5.41) is 12.6. The van der Waals surface area contributed by atoms with Gasteiger partial charge in [0.05, 0.1) is 5.92 Å². The quantitative estimate of drug-likeness (QED) is 0.864. The topological polar surface area (TPSA) is 58.6 Å². The average Bonchev–Trinajstić information content (AvgIpc) is 3.04. The highest BCUT2D eigenvalue weighted by Gasteiger charge is 2.32. The number of para-hydroxylation sites is 1. The van der Waals surface area contributed by atoms with Gasteiger partial charge in [0.2, 0.25) is 0 Å². The number of hydrogen-bond acceptors (Lipinski definition) is 3. The van der Waals surface area contributed by atoms with E-state index in [-0.39, 0.29) is 17.9 Å². The van der Waals surface area contributed by atoms with Gasteiger partial charge in [-0.05, 0) is 36.9 Å². The van der Waals surface area contributed by atoms with Crippen LogP contribution in [0.2, 0.25) is 0 Å². The normalized spacial score (nSPS) is 28.1. The van der Waals surface area contributed by atoms with Crippen molar-refractivity contribution in [2.45, 2.75) is 31.8 Å². The Hall–Kier alpha value is -1.55. The summed E-state index contributed by atoms with van der Waals surface area (Å²) >= 11 is 0. The van der Waals surface area contributed by atoms with Crippen LogP contribution >= 0.6 is 0 Å². The van der Waals surface area contributed by atoms with E-state index in [4.69, 9.17) is 9.84 Å². The lowest BCUT2D eigenvalue weighted by Crippen LogP contribution is -2.35. The van der Waals surface area contributed by atoms with Crippen molar-refractivity contribution in [3.63, 3.8) is 0 Å². The summed E-state index contributed by atoms with van der Waals surface area (Å²) in [6, 6.07) is 8.14. The molecule has 1 aliphatic heterocycles. The third kappa shape index (κ3) is 2.80. The van der Waals surface area contributed by atoms with Gasteiger partial charge in [-0.15, -0.1) is 0 Å². The molecule has 108 valence electrons. The van der Waals surface area contributed by atoms with Crippen LogP contribution in [0.25, 0.3) is 0 Å². The number of fused-ring (bicyclic) bond motifs is 1. The zero-order chi connectivity index (χ0) is 13.9. The Morgan fingerprint density at radius 2 is 2.15 bits per heavy atom. The molecular formula is C16H21NO3. The standard InChI is InChI=1S/C16H21NO3/c18-16(19)14-6-3-5-12(14)9-17-10-13-8-11-4-1-2-7-15(11)20-13/h1-2,4,7,12-14,17H,3,5-6,8-10H2,(H,18,19). The van der Waals surface area contributed by atoms with Crippen LogP contribution in [0.15, 0.2) is 24.3 Å². The molecule has 1 aromatic rings. The Kier molecular flexibility index (Phi) is 3.92.